The zero-order valence-electron chi connectivity index (χ0n) is 15.1. The van der Waals surface area contributed by atoms with Gasteiger partial charge in [0.25, 0.3) is 0 Å². The Morgan fingerprint density at radius 1 is 0.931 bits per heavy atom. The van der Waals surface area contributed by atoms with Gasteiger partial charge >= 0.3 is 5.76 Å². The molecule has 0 unspecified atom stereocenters. The first kappa shape index (κ1) is 17.0. The molecule has 5 rings (SSSR count). The molecule has 0 aliphatic rings. The maximum atomic E-state index is 12.8. The summed E-state index contributed by atoms with van der Waals surface area (Å²) in [5.74, 6) is -0.802. The number of oxazole rings is 1. The molecule has 0 radical (unpaired) electrons. The van der Waals surface area contributed by atoms with Crippen LogP contribution in [0.15, 0.2) is 80.7 Å². The molecule has 0 saturated heterocycles. The van der Waals surface area contributed by atoms with E-state index in [-0.39, 0.29) is 17.9 Å². The predicted molar refractivity (Wildman–Crippen MR) is 111 cm³/mol. The lowest BCUT2D eigenvalue weighted by molar-refractivity contribution is -0.116. The van der Waals surface area contributed by atoms with Crippen molar-refractivity contribution in [1.29, 1.82) is 0 Å². The summed E-state index contributed by atoms with van der Waals surface area (Å²) < 4.78 is 6.81. The number of carbonyl (C=O) groups excluding carboxylic acids is 1. The first-order valence-corrected chi connectivity index (χ1v) is 9.03. The summed E-state index contributed by atoms with van der Waals surface area (Å²) in [4.78, 5) is 39.4. The van der Waals surface area contributed by atoms with Crippen LogP contribution in [0, 0.1) is 0 Å². The number of hydrogen-bond donors (Lipinski definition) is 2. The van der Waals surface area contributed by atoms with Gasteiger partial charge in [0, 0.05) is 16.5 Å². The van der Waals surface area contributed by atoms with Crippen molar-refractivity contribution in [1.82, 2.24) is 9.55 Å². The zero-order valence-corrected chi connectivity index (χ0v) is 15.1. The zero-order chi connectivity index (χ0) is 20.0. The van der Waals surface area contributed by atoms with Crippen LogP contribution in [0.25, 0.3) is 32.9 Å². The molecule has 0 saturated carbocycles. The third kappa shape index (κ3) is 2.89. The van der Waals surface area contributed by atoms with Gasteiger partial charge in [-0.1, -0.05) is 24.3 Å². The van der Waals surface area contributed by atoms with Gasteiger partial charge in [-0.05, 0) is 42.5 Å². The maximum Gasteiger partial charge on any atom is 0.417 e. The molecule has 142 valence electrons. The van der Waals surface area contributed by atoms with E-state index in [9.17, 15) is 14.4 Å². The molecule has 7 heteroatoms. The second kappa shape index (κ2) is 6.49. The molecule has 2 N–H and O–H groups in total. The first-order chi connectivity index (χ1) is 14.1. The van der Waals surface area contributed by atoms with Crippen LogP contribution in [0.1, 0.15) is 0 Å². The molecule has 1 amide bonds. The maximum absolute atomic E-state index is 12.8. The van der Waals surface area contributed by atoms with Gasteiger partial charge in [0.15, 0.2) is 11.0 Å². The molecule has 0 aliphatic heterocycles. The van der Waals surface area contributed by atoms with Gasteiger partial charge in [0.2, 0.25) is 5.91 Å². The molecule has 0 atom stereocenters. The Kier molecular flexibility index (Phi) is 3.80. The number of rotatable bonds is 3. The van der Waals surface area contributed by atoms with E-state index in [0.717, 1.165) is 0 Å². The van der Waals surface area contributed by atoms with Gasteiger partial charge in [-0.25, -0.2) is 4.79 Å². The Balaban J connectivity index is 1.56. The SMILES string of the molecule is O=C(Cn1c2ccccc2c(=O)c2ccccc21)Nc1ccc2oc(=O)[nH]c2c1. The van der Waals surface area contributed by atoms with E-state index in [2.05, 4.69) is 10.3 Å². The van der Waals surface area contributed by atoms with Crippen LogP contribution < -0.4 is 16.5 Å². The minimum absolute atomic E-state index is 0.0290. The number of aromatic nitrogens is 2. The number of hydrogen-bond acceptors (Lipinski definition) is 4. The van der Waals surface area contributed by atoms with E-state index in [1.54, 1.807) is 30.3 Å². The van der Waals surface area contributed by atoms with E-state index in [1.165, 1.54) is 0 Å². The number of nitrogens with zero attached hydrogens (tertiary/aromatic N) is 1. The number of H-pyrrole nitrogens is 1. The van der Waals surface area contributed by atoms with Crippen molar-refractivity contribution in [3.8, 4) is 0 Å². The Labute approximate surface area is 163 Å². The summed E-state index contributed by atoms with van der Waals surface area (Å²) in [5.41, 5.74) is 2.80. The van der Waals surface area contributed by atoms with Gasteiger partial charge < -0.3 is 14.3 Å². The van der Waals surface area contributed by atoms with Crippen molar-refractivity contribution in [3.05, 3.63) is 87.5 Å². The summed E-state index contributed by atoms with van der Waals surface area (Å²) in [5, 5.41) is 3.97. The van der Waals surface area contributed by atoms with Gasteiger partial charge in [-0.15, -0.1) is 0 Å². The number of benzene rings is 3. The molecule has 29 heavy (non-hydrogen) atoms. The van der Waals surface area contributed by atoms with Crippen LogP contribution in [-0.2, 0) is 11.3 Å². The fourth-order valence-electron chi connectivity index (χ4n) is 3.62. The van der Waals surface area contributed by atoms with Crippen LogP contribution in [0.5, 0.6) is 0 Å². The molecule has 3 aromatic carbocycles. The van der Waals surface area contributed by atoms with Crippen molar-refractivity contribution in [2.75, 3.05) is 5.32 Å². The highest BCUT2D eigenvalue weighted by Gasteiger charge is 2.13. The molecule has 0 fully saturated rings. The minimum Gasteiger partial charge on any atom is -0.408 e. The highest BCUT2D eigenvalue weighted by molar-refractivity contribution is 5.97. The largest absolute Gasteiger partial charge is 0.417 e. The molecular weight excluding hydrogens is 370 g/mol. The fourth-order valence-corrected chi connectivity index (χ4v) is 3.62. The Morgan fingerprint density at radius 2 is 1.59 bits per heavy atom. The lowest BCUT2D eigenvalue weighted by Gasteiger charge is -2.15. The third-order valence-electron chi connectivity index (χ3n) is 4.88. The molecule has 0 bridgehead atoms. The number of fused-ring (bicyclic) bond motifs is 3. The molecule has 2 heterocycles. The van der Waals surface area contributed by atoms with Gasteiger partial charge in [-0.3, -0.25) is 14.6 Å². The van der Waals surface area contributed by atoms with Crippen LogP contribution in [0.4, 0.5) is 5.69 Å². The number of carbonyl (C=O) groups is 1. The van der Waals surface area contributed by atoms with Crippen molar-refractivity contribution < 1.29 is 9.21 Å². The Hall–Kier alpha value is -4.13. The van der Waals surface area contributed by atoms with Gasteiger partial charge in [0.1, 0.15) is 6.54 Å². The smallest absolute Gasteiger partial charge is 0.408 e. The van der Waals surface area contributed by atoms with Crippen molar-refractivity contribution in [3.63, 3.8) is 0 Å². The average molecular weight is 385 g/mol. The first-order valence-electron chi connectivity index (χ1n) is 9.03. The highest BCUT2D eigenvalue weighted by Crippen LogP contribution is 2.20. The van der Waals surface area contributed by atoms with Crippen LogP contribution in [0.2, 0.25) is 0 Å². The van der Waals surface area contributed by atoms with E-state index in [1.807, 2.05) is 41.0 Å². The predicted octanol–water partition coefficient (Wildman–Crippen LogP) is 3.23. The van der Waals surface area contributed by atoms with Gasteiger partial charge in [-0.2, -0.15) is 0 Å². The number of nitrogens with one attached hydrogen (secondary N) is 2. The standard InChI is InChI=1S/C22H15N3O4/c26-20(23-13-9-10-19-16(11-13)24-22(28)29-19)12-25-17-7-3-1-5-14(17)21(27)15-6-2-4-8-18(15)25/h1-11H,12H2,(H,23,26)(H,24,28). The fraction of sp³-hybridized carbons (Fsp3) is 0.0455. The molecule has 7 nitrogen and oxygen atoms in total. The summed E-state index contributed by atoms with van der Waals surface area (Å²) in [6.07, 6.45) is 0. The molecule has 2 aromatic heterocycles. The van der Waals surface area contributed by atoms with E-state index in [4.69, 9.17) is 4.42 Å². The Morgan fingerprint density at radius 3 is 2.28 bits per heavy atom. The van der Waals surface area contributed by atoms with Crippen molar-refractivity contribution in [2.45, 2.75) is 6.54 Å². The highest BCUT2D eigenvalue weighted by atomic mass is 16.4. The summed E-state index contributed by atoms with van der Waals surface area (Å²) in [7, 11) is 0. The lowest BCUT2D eigenvalue weighted by atomic mass is 10.1. The van der Waals surface area contributed by atoms with E-state index in [0.29, 0.717) is 38.6 Å². The summed E-state index contributed by atoms with van der Waals surface area (Å²) in [6, 6.07) is 19.4. The van der Waals surface area contributed by atoms with E-state index < -0.39 is 5.76 Å². The van der Waals surface area contributed by atoms with Crippen LogP contribution in [0.3, 0.4) is 0 Å². The lowest BCUT2D eigenvalue weighted by Crippen LogP contribution is -2.21. The monoisotopic (exact) mass is 385 g/mol. The van der Waals surface area contributed by atoms with Gasteiger partial charge in [0.05, 0.1) is 16.6 Å². The average Bonchev–Trinajstić information content (AvgIpc) is 3.10. The number of aromatic amines is 1. The summed E-state index contributed by atoms with van der Waals surface area (Å²) in [6.45, 7) is 0.0290. The van der Waals surface area contributed by atoms with Crippen molar-refractivity contribution >= 4 is 44.5 Å². The second-order valence-electron chi connectivity index (χ2n) is 6.72. The normalized spacial score (nSPS) is 11.3. The number of pyridine rings is 1. The van der Waals surface area contributed by atoms with E-state index >= 15 is 0 Å². The quantitative estimate of drug-likeness (QED) is 0.466. The number of para-hydroxylation sites is 2. The third-order valence-corrected chi connectivity index (χ3v) is 4.88. The Bertz CT molecular complexity index is 1460. The number of amides is 1. The summed E-state index contributed by atoms with van der Waals surface area (Å²) >= 11 is 0. The second-order valence-corrected chi connectivity index (χ2v) is 6.72. The number of anilines is 1. The molecular formula is C22H15N3O4. The molecule has 0 aliphatic carbocycles. The van der Waals surface area contributed by atoms with Crippen LogP contribution in [-0.4, -0.2) is 15.5 Å². The molecule has 0 spiro atoms. The minimum atomic E-state index is -0.547. The van der Waals surface area contributed by atoms with Crippen molar-refractivity contribution in [2.24, 2.45) is 0 Å². The topological polar surface area (TPSA) is 97.1 Å². The molecule has 5 aromatic rings. The van der Waals surface area contributed by atoms with Crippen LogP contribution >= 0.6 is 0 Å².